The van der Waals surface area contributed by atoms with E-state index in [4.69, 9.17) is 0 Å². The van der Waals surface area contributed by atoms with Crippen LogP contribution in [0.3, 0.4) is 0 Å². The van der Waals surface area contributed by atoms with Gasteiger partial charge in [-0.25, -0.2) is 4.39 Å². The Bertz CT molecular complexity index is 1000. The Labute approximate surface area is 183 Å². The summed E-state index contributed by atoms with van der Waals surface area (Å²) in [4.78, 5) is 23.8. The van der Waals surface area contributed by atoms with Gasteiger partial charge < -0.3 is 9.80 Å². The van der Waals surface area contributed by atoms with Crippen LogP contribution in [0.4, 0.5) is 10.1 Å². The minimum atomic E-state index is -0.463. The standard InChI is InChI=1S/C25H29FN4O/c1-3-4-11-28-12-13-29(16-19(28)2)25(31)22-14-20(9-10-23(22)26)17-30-18-27-15-21-7-5-6-8-24(21)30/h3-10,14-15,19H,11-13,16-18H2,1-2H3/t19-/m1/s1. The molecule has 6 heteroatoms. The van der Waals surface area contributed by atoms with Crippen LogP contribution in [0.1, 0.15) is 35.3 Å². The van der Waals surface area contributed by atoms with Crippen LogP contribution in [0.25, 0.3) is 0 Å². The molecule has 0 N–H and O–H groups in total. The number of halogens is 1. The van der Waals surface area contributed by atoms with Gasteiger partial charge in [-0.05, 0) is 37.6 Å². The molecule has 0 spiro atoms. The number of hydrogen-bond donors (Lipinski definition) is 0. The maximum absolute atomic E-state index is 14.6. The Balaban J connectivity index is 1.48. The minimum absolute atomic E-state index is 0.153. The molecule has 0 unspecified atom stereocenters. The van der Waals surface area contributed by atoms with Crippen molar-refractivity contribution in [3.05, 3.63) is 77.1 Å². The summed E-state index contributed by atoms with van der Waals surface area (Å²) >= 11 is 0. The largest absolute Gasteiger partial charge is 0.347 e. The predicted molar refractivity (Wildman–Crippen MR) is 123 cm³/mol. The fraction of sp³-hybridized carbons (Fsp3) is 0.360. The van der Waals surface area contributed by atoms with Crippen LogP contribution in [-0.2, 0) is 6.54 Å². The van der Waals surface area contributed by atoms with E-state index in [-0.39, 0.29) is 17.5 Å². The summed E-state index contributed by atoms with van der Waals surface area (Å²) in [5.74, 6) is -0.691. The van der Waals surface area contributed by atoms with Crippen molar-refractivity contribution in [2.24, 2.45) is 4.99 Å². The van der Waals surface area contributed by atoms with Gasteiger partial charge in [-0.3, -0.25) is 14.7 Å². The number of allylic oxidation sites excluding steroid dienone is 1. The van der Waals surface area contributed by atoms with E-state index in [1.807, 2.05) is 37.4 Å². The zero-order valence-corrected chi connectivity index (χ0v) is 18.2. The van der Waals surface area contributed by atoms with Crippen molar-refractivity contribution in [3.8, 4) is 0 Å². The molecule has 2 aliphatic rings. The smallest absolute Gasteiger partial charge is 0.256 e. The zero-order valence-electron chi connectivity index (χ0n) is 18.2. The second-order valence-corrected chi connectivity index (χ2v) is 8.19. The number of hydrogen-bond acceptors (Lipinski definition) is 4. The average Bonchev–Trinajstić information content (AvgIpc) is 2.79. The van der Waals surface area contributed by atoms with Gasteiger partial charge in [-0.2, -0.15) is 0 Å². The van der Waals surface area contributed by atoms with Gasteiger partial charge in [0.05, 0.1) is 5.56 Å². The first-order valence-corrected chi connectivity index (χ1v) is 10.8. The molecule has 2 aromatic carbocycles. The lowest BCUT2D eigenvalue weighted by atomic mass is 10.1. The molecule has 1 atom stereocenters. The Morgan fingerprint density at radius 1 is 1.23 bits per heavy atom. The van der Waals surface area contributed by atoms with Crippen LogP contribution >= 0.6 is 0 Å². The topological polar surface area (TPSA) is 39.1 Å². The third kappa shape index (κ3) is 4.69. The second kappa shape index (κ2) is 9.43. The van der Waals surface area contributed by atoms with Crippen molar-refractivity contribution in [1.82, 2.24) is 9.80 Å². The number of aliphatic imine (C=N–C) groups is 1. The number of carbonyl (C=O) groups is 1. The maximum Gasteiger partial charge on any atom is 0.256 e. The van der Waals surface area contributed by atoms with E-state index in [1.54, 1.807) is 17.0 Å². The number of nitrogens with zero attached hydrogens (tertiary/aromatic N) is 4. The van der Waals surface area contributed by atoms with Gasteiger partial charge >= 0.3 is 0 Å². The monoisotopic (exact) mass is 420 g/mol. The molecule has 5 nitrogen and oxygen atoms in total. The Morgan fingerprint density at radius 3 is 2.87 bits per heavy atom. The fourth-order valence-electron chi connectivity index (χ4n) is 4.25. The van der Waals surface area contributed by atoms with Gasteiger partial charge in [0.2, 0.25) is 0 Å². The van der Waals surface area contributed by atoms with Gasteiger partial charge in [0.25, 0.3) is 5.91 Å². The molecule has 162 valence electrons. The molecule has 0 radical (unpaired) electrons. The summed E-state index contributed by atoms with van der Waals surface area (Å²) in [7, 11) is 0. The highest BCUT2D eigenvalue weighted by atomic mass is 19.1. The van der Waals surface area contributed by atoms with Crippen LogP contribution in [0.15, 0.2) is 59.6 Å². The summed E-state index contributed by atoms with van der Waals surface area (Å²) in [5, 5.41) is 0. The first-order chi connectivity index (χ1) is 15.1. The number of rotatable bonds is 5. The van der Waals surface area contributed by atoms with Crippen molar-refractivity contribution in [2.45, 2.75) is 26.4 Å². The number of para-hydroxylation sites is 1. The van der Waals surface area contributed by atoms with Crippen LogP contribution in [0, 0.1) is 5.82 Å². The fourth-order valence-corrected chi connectivity index (χ4v) is 4.25. The molecule has 4 rings (SSSR count). The summed E-state index contributed by atoms with van der Waals surface area (Å²) in [6, 6.07) is 13.2. The maximum atomic E-state index is 14.6. The van der Waals surface area contributed by atoms with Crippen LogP contribution < -0.4 is 4.90 Å². The lowest BCUT2D eigenvalue weighted by Gasteiger charge is -2.39. The van der Waals surface area contributed by atoms with E-state index in [0.29, 0.717) is 26.3 Å². The molecule has 0 saturated carbocycles. The highest BCUT2D eigenvalue weighted by molar-refractivity contribution is 5.95. The van der Waals surface area contributed by atoms with Gasteiger partial charge in [0.1, 0.15) is 12.5 Å². The molecule has 0 aliphatic carbocycles. The number of benzene rings is 2. The summed E-state index contributed by atoms with van der Waals surface area (Å²) < 4.78 is 14.6. The van der Waals surface area contributed by atoms with Crippen molar-refractivity contribution < 1.29 is 9.18 Å². The lowest BCUT2D eigenvalue weighted by Crippen LogP contribution is -2.53. The normalized spacial score (nSPS) is 19.1. The van der Waals surface area contributed by atoms with Crippen molar-refractivity contribution in [2.75, 3.05) is 37.7 Å². The average molecular weight is 421 g/mol. The van der Waals surface area contributed by atoms with Gasteiger partial charge in [0, 0.05) is 56.2 Å². The molecule has 0 aromatic heterocycles. The third-order valence-corrected chi connectivity index (χ3v) is 6.02. The van der Waals surface area contributed by atoms with Crippen LogP contribution in [-0.4, -0.2) is 60.8 Å². The highest BCUT2D eigenvalue weighted by Crippen LogP contribution is 2.25. The summed E-state index contributed by atoms with van der Waals surface area (Å²) in [6.07, 6.45) is 6.04. The van der Waals surface area contributed by atoms with Gasteiger partial charge in [-0.1, -0.05) is 36.4 Å². The summed E-state index contributed by atoms with van der Waals surface area (Å²) in [6.45, 7) is 8.13. The van der Waals surface area contributed by atoms with Gasteiger partial charge in [-0.15, -0.1) is 0 Å². The van der Waals surface area contributed by atoms with E-state index in [9.17, 15) is 9.18 Å². The van der Waals surface area contributed by atoms with Crippen molar-refractivity contribution in [1.29, 1.82) is 0 Å². The molecular weight excluding hydrogens is 391 g/mol. The third-order valence-electron chi connectivity index (χ3n) is 6.02. The number of piperazine rings is 1. The molecule has 2 aliphatic heterocycles. The van der Waals surface area contributed by atoms with E-state index < -0.39 is 5.82 Å². The molecule has 31 heavy (non-hydrogen) atoms. The van der Waals surface area contributed by atoms with Crippen LogP contribution in [0.5, 0.6) is 0 Å². The van der Waals surface area contributed by atoms with E-state index >= 15 is 0 Å². The first-order valence-electron chi connectivity index (χ1n) is 10.8. The minimum Gasteiger partial charge on any atom is -0.347 e. The number of anilines is 1. The Morgan fingerprint density at radius 2 is 2.06 bits per heavy atom. The molecule has 1 saturated heterocycles. The number of fused-ring (bicyclic) bond motifs is 1. The second-order valence-electron chi connectivity index (χ2n) is 8.19. The highest BCUT2D eigenvalue weighted by Gasteiger charge is 2.28. The number of carbonyl (C=O) groups excluding carboxylic acids is 1. The zero-order chi connectivity index (χ0) is 21.8. The summed E-state index contributed by atoms with van der Waals surface area (Å²) in [5.41, 5.74) is 3.22. The quantitative estimate of drug-likeness (QED) is 0.688. The van der Waals surface area contributed by atoms with Crippen LogP contribution in [0.2, 0.25) is 0 Å². The van der Waals surface area contributed by atoms with Gasteiger partial charge in [0.15, 0.2) is 0 Å². The lowest BCUT2D eigenvalue weighted by molar-refractivity contribution is 0.0538. The predicted octanol–water partition coefficient (Wildman–Crippen LogP) is 3.94. The molecule has 2 aromatic rings. The number of amides is 1. The van der Waals surface area contributed by atoms with Crippen molar-refractivity contribution in [3.63, 3.8) is 0 Å². The van der Waals surface area contributed by atoms with E-state index in [1.165, 1.54) is 6.07 Å². The molecular formula is C25H29FN4O. The molecule has 2 heterocycles. The molecule has 1 fully saturated rings. The Kier molecular flexibility index (Phi) is 6.47. The Hall–Kier alpha value is -2.99. The molecule has 1 amide bonds. The van der Waals surface area contributed by atoms with Crippen molar-refractivity contribution >= 4 is 17.8 Å². The molecule has 0 bridgehead atoms. The SMILES string of the molecule is CC=CCN1CCN(C(=O)c2cc(CN3CN=Cc4ccccc43)ccc2F)C[C@H]1C. The first kappa shape index (κ1) is 21.2. The van der Waals surface area contributed by atoms with E-state index in [0.717, 1.165) is 29.9 Å². The van der Waals surface area contributed by atoms with E-state index in [2.05, 4.69) is 33.9 Å².